The number of aryl methyl sites for hydroxylation is 1. The second-order valence-electron chi connectivity index (χ2n) is 3.32. The maximum Gasteiger partial charge on any atom is 0.272 e. The summed E-state index contributed by atoms with van der Waals surface area (Å²) in [6.07, 6.45) is 0.219. The van der Waals surface area contributed by atoms with Gasteiger partial charge in [0.2, 0.25) is 0 Å². The van der Waals surface area contributed by atoms with Crippen LogP contribution in [0.25, 0.3) is 0 Å². The monoisotopic (exact) mass is 232 g/mol. The molecule has 0 aliphatic heterocycles. The van der Waals surface area contributed by atoms with Gasteiger partial charge >= 0.3 is 0 Å². The maximum absolute atomic E-state index is 12.3. The summed E-state index contributed by atoms with van der Waals surface area (Å²) in [4.78, 5) is 16.6. The van der Waals surface area contributed by atoms with Gasteiger partial charge in [-0.15, -0.1) is 0 Å². The summed E-state index contributed by atoms with van der Waals surface area (Å²) < 4.78 is 26.0. The number of carbonyl (C=O) groups excluding carboxylic acids is 1. The van der Waals surface area contributed by atoms with Gasteiger partial charge in [0.25, 0.3) is 12.3 Å². The zero-order valence-corrected chi connectivity index (χ0v) is 8.94. The van der Waals surface area contributed by atoms with Gasteiger partial charge in [0, 0.05) is 20.1 Å². The number of halogens is 2. The molecule has 0 atom stereocenters. The molecule has 1 rings (SSSR count). The van der Waals surface area contributed by atoms with E-state index < -0.39 is 18.9 Å². The molecule has 0 aliphatic carbocycles. The van der Waals surface area contributed by atoms with Crippen molar-refractivity contribution in [2.45, 2.75) is 6.43 Å². The minimum Gasteiger partial charge on any atom is -0.330 e. The molecule has 0 spiro atoms. The van der Waals surface area contributed by atoms with Crippen molar-refractivity contribution >= 4 is 5.91 Å². The second kappa shape index (κ2) is 5.55. The Morgan fingerprint density at radius 3 is 2.81 bits per heavy atom. The summed E-state index contributed by atoms with van der Waals surface area (Å²) in [5.74, 6) is -0.481. The summed E-state index contributed by atoms with van der Waals surface area (Å²) >= 11 is 0. The molecule has 5 nitrogen and oxygen atoms in total. The molecular weight excluding hydrogens is 218 g/mol. The van der Waals surface area contributed by atoms with Crippen LogP contribution >= 0.6 is 0 Å². The average Bonchev–Trinajstić information content (AvgIpc) is 2.62. The van der Waals surface area contributed by atoms with Gasteiger partial charge in [-0.25, -0.2) is 13.8 Å². The topological polar surface area (TPSA) is 64.2 Å². The Kier molecular flexibility index (Phi) is 4.36. The van der Waals surface area contributed by atoms with E-state index in [2.05, 4.69) is 4.98 Å². The third kappa shape index (κ3) is 2.99. The summed E-state index contributed by atoms with van der Waals surface area (Å²) in [6, 6.07) is 0. The molecule has 0 bridgehead atoms. The zero-order chi connectivity index (χ0) is 12.1. The van der Waals surface area contributed by atoms with Gasteiger partial charge in [0.1, 0.15) is 5.69 Å². The number of hydrogen-bond acceptors (Lipinski definition) is 3. The number of nitrogens with two attached hydrogens (primary N) is 1. The highest BCUT2D eigenvalue weighted by molar-refractivity contribution is 5.92. The fourth-order valence-corrected chi connectivity index (χ4v) is 1.32. The Balaban J connectivity index is 2.78. The molecule has 0 radical (unpaired) electrons. The average molecular weight is 232 g/mol. The first kappa shape index (κ1) is 12.6. The van der Waals surface area contributed by atoms with Gasteiger partial charge in [-0.1, -0.05) is 0 Å². The Labute approximate surface area is 91.9 Å². The van der Waals surface area contributed by atoms with Crippen molar-refractivity contribution in [1.29, 1.82) is 0 Å². The summed E-state index contributed by atoms with van der Waals surface area (Å²) in [7, 11) is 1.63. The van der Waals surface area contributed by atoms with Gasteiger partial charge in [-0.05, 0) is 0 Å². The van der Waals surface area contributed by atoms with Gasteiger partial charge in [-0.2, -0.15) is 0 Å². The van der Waals surface area contributed by atoms with Crippen molar-refractivity contribution in [3.8, 4) is 0 Å². The molecule has 0 aliphatic rings. The van der Waals surface area contributed by atoms with Crippen LogP contribution in [0.4, 0.5) is 8.78 Å². The summed E-state index contributed by atoms with van der Waals surface area (Å²) in [5, 5.41) is 0. The van der Waals surface area contributed by atoms with Crippen LogP contribution in [0.3, 0.4) is 0 Å². The Bertz CT molecular complexity index is 353. The lowest BCUT2D eigenvalue weighted by atomic mass is 10.3. The zero-order valence-electron chi connectivity index (χ0n) is 8.94. The number of alkyl halides is 2. The van der Waals surface area contributed by atoms with Gasteiger partial charge < -0.3 is 15.2 Å². The Hall–Kier alpha value is -1.50. The maximum atomic E-state index is 12.3. The van der Waals surface area contributed by atoms with E-state index in [0.29, 0.717) is 0 Å². The van der Waals surface area contributed by atoms with Crippen LogP contribution in [0, 0.1) is 0 Å². The van der Waals surface area contributed by atoms with Crippen molar-refractivity contribution in [1.82, 2.24) is 14.5 Å². The highest BCUT2D eigenvalue weighted by Crippen LogP contribution is 2.05. The van der Waals surface area contributed by atoms with Crippen molar-refractivity contribution in [2.75, 3.05) is 19.6 Å². The molecule has 0 saturated heterocycles. The van der Waals surface area contributed by atoms with Crippen LogP contribution in [-0.2, 0) is 7.05 Å². The summed E-state index contributed by atoms with van der Waals surface area (Å²) in [6.45, 7) is -0.355. The van der Waals surface area contributed by atoms with E-state index in [4.69, 9.17) is 5.73 Å². The number of carbonyl (C=O) groups is 1. The Morgan fingerprint density at radius 1 is 1.69 bits per heavy atom. The standard InChI is InChI=1S/C9H14F2N4O/c1-14-6-13-4-7(14)9(16)15(3-2-12)5-8(10)11/h4,6,8H,2-3,5,12H2,1H3. The predicted octanol–water partition coefficient (Wildman–Crippen LogP) is 0.0861. The highest BCUT2D eigenvalue weighted by atomic mass is 19.3. The van der Waals surface area contributed by atoms with Gasteiger partial charge in [0.15, 0.2) is 0 Å². The van der Waals surface area contributed by atoms with E-state index in [1.54, 1.807) is 7.05 Å². The smallest absolute Gasteiger partial charge is 0.272 e. The van der Waals surface area contributed by atoms with Crippen molar-refractivity contribution in [2.24, 2.45) is 12.8 Å². The first-order valence-electron chi connectivity index (χ1n) is 4.80. The quantitative estimate of drug-likeness (QED) is 0.782. The van der Waals surface area contributed by atoms with Crippen LogP contribution in [0.5, 0.6) is 0 Å². The van der Waals surface area contributed by atoms with Crippen molar-refractivity contribution in [3.05, 3.63) is 18.2 Å². The van der Waals surface area contributed by atoms with Crippen molar-refractivity contribution < 1.29 is 13.6 Å². The summed E-state index contributed by atoms with van der Waals surface area (Å²) in [5.41, 5.74) is 5.55. The van der Waals surface area contributed by atoms with Crippen molar-refractivity contribution in [3.63, 3.8) is 0 Å². The molecule has 90 valence electrons. The molecule has 0 unspecified atom stereocenters. The number of nitrogens with zero attached hydrogens (tertiary/aromatic N) is 3. The molecule has 1 heterocycles. The van der Waals surface area contributed by atoms with E-state index in [-0.39, 0.29) is 18.8 Å². The largest absolute Gasteiger partial charge is 0.330 e. The number of hydrogen-bond donors (Lipinski definition) is 1. The predicted molar refractivity (Wildman–Crippen MR) is 54.2 cm³/mol. The molecule has 0 fully saturated rings. The molecule has 1 aromatic heterocycles. The van der Waals surface area contributed by atoms with Gasteiger partial charge in [0.05, 0.1) is 19.1 Å². The van der Waals surface area contributed by atoms with Crippen LogP contribution in [0.2, 0.25) is 0 Å². The lowest BCUT2D eigenvalue weighted by molar-refractivity contribution is 0.0554. The molecule has 2 N–H and O–H groups in total. The van der Waals surface area contributed by atoms with Crippen LogP contribution in [-0.4, -0.2) is 46.4 Å². The van der Waals surface area contributed by atoms with E-state index in [1.165, 1.54) is 17.1 Å². The van der Waals surface area contributed by atoms with Crippen LogP contribution < -0.4 is 5.73 Å². The van der Waals surface area contributed by atoms with E-state index in [0.717, 1.165) is 4.90 Å². The lowest BCUT2D eigenvalue weighted by Crippen LogP contribution is -2.39. The SMILES string of the molecule is Cn1cncc1C(=O)N(CCN)CC(F)F. The van der Waals surface area contributed by atoms with E-state index >= 15 is 0 Å². The lowest BCUT2D eigenvalue weighted by Gasteiger charge is -2.21. The molecule has 0 saturated carbocycles. The van der Waals surface area contributed by atoms with E-state index in [9.17, 15) is 13.6 Å². The number of imidazole rings is 1. The number of amides is 1. The first-order valence-corrected chi connectivity index (χ1v) is 4.80. The molecule has 1 amide bonds. The van der Waals surface area contributed by atoms with E-state index in [1.807, 2.05) is 0 Å². The number of aromatic nitrogens is 2. The molecule has 7 heteroatoms. The number of rotatable bonds is 5. The minimum absolute atomic E-state index is 0.106. The second-order valence-corrected chi connectivity index (χ2v) is 3.32. The molecular formula is C9H14F2N4O. The Morgan fingerprint density at radius 2 is 2.38 bits per heavy atom. The third-order valence-corrected chi connectivity index (χ3v) is 2.08. The minimum atomic E-state index is -2.57. The molecule has 0 aromatic carbocycles. The van der Waals surface area contributed by atoms with Gasteiger partial charge in [-0.3, -0.25) is 4.79 Å². The van der Waals surface area contributed by atoms with Crippen LogP contribution in [0.15, 0.2) is 12.5 Å². The fraction of sp³-hybridized carbons (Fsp3) is 0.556. The normalized spacial score (nSPS) is 10.8. The third-order valence-electron chi connectivity index (χ3n) is 2.08. The highest BCUT2D eigenvalue weighted by Gasteiger charge is 2.21. The van der Waals surface area contributed by atoms with Crippen LogP contribution in [0.1, 0.15) is 10.5 Å². The fourth-order valence-electron chi connectivity index (χ4n) is 1.32. The first-order chi connectivity index (χ1) is 7.56. The molecule has 16 heavy (non-hydrogen) atoms. The molecule has 1 aromatic rings.